The Hall–Kier alpha value is -1.96. The number of hydrogen-bond acceptors (Lipinski definition) is 2. The lowest BCUT2D eigenvalue weighted by Crippen LogP contribution is -2.13. The van der Waals surface area contributed by atoms with Gasteiger partial charge in [-0.05, 0) is 54.7 Å². The molecule has 4 atom stereocenters. The zero-order valence-electron chi connectivity index (χ0n) is 14.5. The van der Waals surface area contributed by atoms with Gasteiger partial charge < -0.3 is 10.6 Å². The summed E-state index contributed by atoms with van der Waals surface area (Å²) in [5.41, 5.74) is 8.52. The highest BCUT2D eigenvalue weighted by molar-refractivity contribution is 5.64. The van der Waals surface area contributed by atoms with Crippen LogP contribution in [0.15, 0.2) is 36.4 Å². The van der Waals surface area contributed by atoms with Gasteiger partial charge in [-0.2, -0.15) is 0 Å². The molecule has 0 fully saturated rings. The lowest BCUT2D eigenvalue weighted by atomic mass is 9.89. The van der Waals surface area contributed by atoms with Crippen molar-refractivity contribution in [2.24, 2.45) is 0 Å². The van der Waals surface area contributed by atoms with E-state index in [0.717, 1.165) is 6.42 Å². The third-order valence-electron chi connectivity index (χ3n) is 5.92. The zero-order chi connectivity index (χ0) is 16.1. The van der Waals surface area contributed by atoms with Crippen LogP contribution in [0.5, 0.6) is 0 Å². The van der Waals surface area contributed by atoms with E-state index in [1.165, 1.54) is 33.6 Å². The Morgan fingerprint density at radius 1 is 0.826 bits per heavy atom. The molecule has 0 amide bonds. The molecule has 2 aliphatic rings. The highest BCUT2D eigenvalue weighted by Crippen LogP contribution is 2.40. The maximum atomic E-state index is 3.62. The van der Waals surface area contributed by atoms with Crippen LogP contribution < -0.4 is 10.6 Å². The predicted molar refractivity (Wildman–Crippen MR) is 98.7 cm³/mol. The molecule has 0 saturated carbocycles. The molecule has 0 aliphatic carbocycles. The summed E-state index contributed by atoms with van der Waals surface area (Å²) in [5, 5.41) is 7.20. The molecule has 2 heterocycles. The van der Waals surface area contributed by atoms with Crippen LogP contribution in [0.25, 0.3) is 0 Å². The molecular weight excluding hydrogens is 280 g/mol. The van der Waals surface area contributed by atoms with E-state index in [2.05, 4.69) is 74.7 Å². The van der Waals surface area contributed by atoms with E-state index in [0.29, 0.717) is 23.9 Å². The molecule has 2 aromatic carbocycles. The van der Waals surface area contributed by atoms with E-state index in [4.69, 9.17) is 0 Å². The van der Waals surface area contributed by atoms with Gasteiger partial charge in [0.25, 0.3) is 0 Å². The predicted octanol–water partition coefficient (Wildman–Crippen LogP) is 5.11. The number of nitrogens with one attached hydrogen (secondary N) is 2. The molecule has 4 rings (SSSR count). The molecule has 0 aromatic heterocycles. The fourth-order valence-electron chi connectivity index (χ4n) is 4.14. The van der Waals surface area contributed by atoms with Crippen molar-refractivity contribution >= 4 is 11.4 Å². The minimum absolute atomic E-state index is 0.524. The summed E-state index contributed by atoms with van der Waals surface area (Å²) < 4.78 is 0. The molecule has 0 bridgehead atoms. The summed E-state index contributed by atoms with van der Waals surface area (Å²) in [6.07, 6.45) is 1.02. The Kier molecular flexibility index (Phi) is 3.37. The Bertz CT molecular complexity index is 750. The van der Waals surface area contributed by atoms with E-state index in [9.17, 15) is 0 Å². The van der Waals surface area contributed by atoms with Gasteiger partial charge >= 0.3 is 0 Å². The van der Waals surface area contributed by atoms with Gasteiger partial charge in [0, 0.05) is 35.3 Å². The number of rotatable bonds is 2. The van der Waals surface area contributed by atoms with Gasteiger partial charge in [0.05, 0.1) is 0 Å². The van der Waals surface area contributed by atoms with E-state index in [-0.39, 0.29) is 0 Å². The molecule has 0 spiro atoms. The quantitative estimate of drug-likeness (QED) is 0.805. The second-order valence-corrected chi connectivity index (χ2v) is 7.42. The monoisotopic (exact) mass is 306 g/mol. The van der Waals surface area contributed by atoms with Crippen molar-refractivity contribution in [1.82, 2.24) is 0 Å². The largest absolute Gasteiger partial charge is 0.382 e. The van der Waals surface area contributed by atoms with Crippen LogP contribution in [0.4, 0.5) is 11.4 Å². The first-order chi connectivity index (χ1) is 11.0. The van der Waals surface area contributed by atoms with Crippen molar-refractivity contribution < 1.29 is 0 Å². The van der Waals surface area contributed by atoms with Crippen molar-refractivity contribution in [3.05, 3.63) is 58.7 Å². The van der Waals surface area contributed by atoms with Crippen LogP contribution in [-0.2, 0) is 6.42 Å². The average molecular weight is 306 g/mol. The van der Waals surface area contributed by atoms with Crippen LogP contribution in [0.2, 0.25) is 0 Å². The standard InChI is InChI=1S/C21H26N2/c1-12-14(3)22-19-9-8-16(11-18(12)19)10-17-6-5-7-20-21(17)13(2)15(4)23-20/h5-9,11-15,22-23H,10H2,1-4H3/t12-,13+,14+,15-/m0/s1. The molecule has 2 nitrogen and oxygen atoms in total. The maximum Gasteiger partial charge on any atom is 0.0381 e. The Morgan fingerprint density at radius 3 is 2.39 bits per heavy atom. The maximum absolute atomic E-state index is 3.62. The van der Waals surface area contributed by atoms with Crippen molar-refractivity contribution in [2.45, 2.75) is 58.0 Å². The number of benzene rings is 2. The molecule has 0 unspecified atom stereocenters. The first-order valence-corrected chi connectivity index (χ1v) is 8.82. The topological polar surface area (TPSA) is 24.1 Å². The number of fused-ring (bicyclic) bond motifs is 2. The lowest BCUT2D eigenvalue weighted by molar-refractivity contribution is 0.685. The smallest absolute Gasteiger partial charge is 0.0381 e. The zero-order valence-corrected chi connectivity index (χ0v) is 14.5. The van der Waals surface area contributed by atoms with Gasteiger partial charge in [-0.1, -0.05) is 38.1 Å². The molecule has 0 radical (unpaired) electrons. The second-order valence-electron chi connectivity index (χ2n) is 7.42. The molecule has 23 heavy (non-hydrogen) atoms. The lowest BCUT2D eigenvalue weighted by Gasteiger charge is -2.14. The summed E-state index contributed by atoms with van der Waals surface area (Å²) in [5.74, 6) is 1.17. The normalized spacial score (nSPS) is 28.0. The van der Waals surface area contributed by atoms with Gasteiger partial charge in [0.15, 0.2) is 0 Å². The third kappa shape index (κ3) is 2.32. The highest BCUT2D eigenvalue weighted by Gasteiger charge is 2.28. The van der Waals surface area contributed by atoms with Crippen LogP contribution in [0.3, 0.4) is 0 Å². The fourth-order valence-corrected chi connectivity index (χ4v) is 4.14. The van der Waals surface area contributed by atoms with Crippen LogP contribution >= 0.6 is 0 Å². The van der Waals surface area contributed by atoms with Gasteiger partial charge in [0.2, 0.25) is 0 Å². The number of anilines is 2. The van der Waals surface area contributed by atoms with Crippen molar-refractivity contribution in [1.29, 1.82) is 0 Å². The fraction of sp³-hybridized carbons (Fsp3) is 0.429. The first-order valence-electron chi connectivity index (χ1n) is 8.82. The summed E-state index contributed by atoms with van der Waals surface area (Å²) >= 11 is 0. The molecule has 120 valence electrons. The molecule has 2 heteroatoms. The van der Waals surface area contributed by atoms with Gasteiger partial charge in [-0.25, -0.2) is 0 Å². The minimum Gasteiger partial charge on any atom is -0.382 e. The third-order valence-corrected chi connectivity index (χ3v) is 5.92. The Balaban J connectivity index is 1.68. The molecular formula is C21H26N2. The van der Waals surface area contributed by atoms with Crippen molar-refractivity contribution in [3.63, 3.8) is 0 Å². The average Bonchev–Trinajstić information content (AvgIpc) is 2.98. The summed E-state index contributed by atoms with van der Waals surface area (Å²) in [6, 6.07) is 14.7. The van der Waals surface area contributed by atoms with Gasteiger partial charge in [-0.15, -0.1) is 0 Å². The summed E-state index contributed by atoms with van der Waals surface area (Å²) in [4.78, 5) is 0. The molecule has 2 N–H and O–H groups in total. The Morgan fingerprint density at radius 2 is 1.57 bits per heavy atom. The van der Waals surface area contributed by atoms with E-state index in [1.54, 1.807) is 0 Å². The molecule has 2 aromatic rings. The van der Waals surface area contributed by atoms with Crippen molar-refractivity contribution in [2.75, 3.05) is 10.6 Å². The van der Waals surface area contributed by atoms with E-state index >= 15 is 0 Å². The SMILES string of the molecule is C[C@@H]1Nc2cccc(Cc3ccc4c(c3)[C@@H](C)[C@@H](C)N4)c2[C@@H]1C. The summed E-state index contributed by atoms with van der Waals surface area (Å²) in [7, 11) is 0. The first kappa shape index (κ1) is 14.6. The summed E-state index contributed by atoms with van der Waals surface area (Å²) in [6.45, 7) is 9.20. The van der Waals surface area contributed by atoms with E-state index in [1.807, 2.05) is 0 Å². The molecule has 0 saturated heterocycles. The van der Waals surface area contributed by atoms with Crippen molar-refractivity contribution in [3.8, 4) is 0 Å². The Labute approximate surface area is 139 Å². The van der Waals surface area contributed by atoms with Gasteiger partial charge in [0.1, 0.15) is 0 Å². The second kappa shape index (κ2) is 5.30. The van der Waals surface area contributed by atoms with Gasteiger partial charge in [-0.3, -0.25) is 0 Å². The van der Waals surface area contributed by atoms with Crippen LogP contribution in [0.1, 0.15) is 61.8 Å². The molecule has 2 aliphatic heterocycles. The number of hydrogen-bond donors (Lipinski definition) is 2. The van der Waals surface area contributed by atoms with E-state index < -0.39 is 0 Å². The van der Waals surface area contributed by atoms with Crippen LogP contribution in [-0.4, -0.2) is 12.1 Å². The highest BCUT2D eigenvalue weighted by atomic mass is 15.0. The minimum atomic E-state index is 0.524. The van der Waals surface area contributed by atoms with Crippen LogP contribution in [0, 0.1) is 0 Å².